The average Bonchev–Trinajstić information content (AvgIpc) is 2.66. The number of imide groups is 1. The Labute approximate surface area is 106 Å². The summed E-state index contributed by atoms with van der Waals surface area (Å²) in [5.74, 6) is -0.192. The number of anilines is 1. The molecule has 5 nitrogen and oxygen atoms in total. The molecular formula is C13H16N2O3. The highest BCUT2D eigenvalue weighted by molar-refractivity contribution is 6.21. The molecule has 5 heteroatoms. The van der Waals surface area contributed by atoms with E-state index < -0.39 is 6.04 Å². The molecule has 1 saturated heterocycles. The van der Waals surface area contributed by atoms with Gasteiger partial charge in [0.25, 0.3) is 5.91 Å². The summed E-state index contributed by atoms with van der Waals surface area (Å²) in [6.45, 7) is 0.588. The van der Waals surface area contributed by atoms with Crippen molar-refractivity contribution in [2.24, 2.45) is 0 Å². The first kappa shape index (κ1) is 12.6. The monoisotopic (exact) mass is 248 g/mol. The molecule has 1 aromatic carbocycles. The molecule has 1 aromatic rings. The Bertz CT molecular complexity index is 433. The van der Waals surface area contributed by atoms with E-state index >= 15 is 0 Å². The number of nitrogens with zero attached hydrogens (tertiary/aromatic N) is 1. The minimum atomic E-state index is -0.437. The molecule has 1 aliphatic heterocycles. The molecule has 18 heavy (non-hydrogen) atoms. The highest BCUT2D eigenvalue weighted by Crippen LogP contribution is 2.20. The van der Waals surface area contributed by atoms with Gasteiger partial charge in [-0.05, 0) is 25.0 Å². The lowest BCUT2D eigenvalue weighted by Crippen LogP contribution is -2.31. The number of hydrogen-bond donors (Lipinski definition) is 1. The third-order valence-electron chi connectivity index (χ3n) is 2.87. The van der Waals surface area contributed by atoms with Gasteiger partial charge in [0.05, 0.1) is 5.69 Å². The molecule has 1 fully saturated rings. The maximum absolute atomic E-state index is 12.1. The van der Waals surface area contributed by atoms with Crippen molar-refractivity contribution in [3.05, 3.63) is 30.3 Å². The van der Waals surface area contributed by atoms with Crippen LogP contribution < -0.4 is 10.2 Å². The van der Waals surface area contributed by atoms with Crippen LogP contribution in [-0.4, -0.2) is 31.7 Å². The zero-order valence-electron chi connectivity index (χ0n) is 10.3. The fraction of sp³-hybridized carbons (Fsp3) is 0.385. The zero-order chi connectivity index (χ0) is 13.0. The summed E-state index contributed by atoms with van der Waals surface area (Å²) in [6, 6.07) is 8.14. The van der Waals surface area contributed by atoms with Gasteiger partial charge in [0.15, 0.2) is 0 Å². The molecule has 3 amide bonds. The topological polar surface area (TPSA) is 58.6 Å². The fourth-order valence-corrected chi connectivity index (χ4v) is 1.98. The zero-order valence-corrected chi connectivity index (χ0v) is 10.3. The first-order chi connectivity index (χ1) is 8.74. The predicted octanol–water partition coefficient (Wildman–Crippen LogP) is 1.54. The van der Waals surface area contributed by atoms with Crippen LogP contribution in [0.3, 0.4) is 0 Å². The van der Waals surface area contributed by atoms with Crippen LogP contribution in [0.5, 0.6) is 0 Å². The molecule has 1 unspecified atom stereocenters. The largest absolute Gasteiger partial charge is 0.385 e. The molecule has 0 bridgehead atoms. The van der Waals surface area contributed by atoms with Gasteiger partial charge in [0.1, 0.15) is 6.04 Å². The van der Waals surface area contributed by atoms with Crippen molar-refractivity contribution in [2.75, 3.05) is 18.6 Å². The Balaban J connectivity index is 2.06. The second-order valence-electron chi connectivity index (χ2n) is 4.15. The molecule has 0 aliphatic carbocycles. The quantitative estimate of drug-likeness (QED) is 0.635. The molecule has 1 atom stereocenters. The Hall–Kier alpha value is -1.88. The van der Waals surface area contributed by atoms with Crippen LogP contribution in [0, 0.1) is 0 Å². The Morgan fingerprint density at radius 2 is 2.00 bits per heavy atom. The van der Waals surface area contributed by atoms with Gasteiger partial charge in [-0.15, -0.1) is 0 Å². The van der Waals surface area contributed by atoms with Crippen molar-refractivity contribution >= 4 is 17.6 Å². The van der Waals surface area contributed by atoms with Gasteiger partial charge in [-0.1, -0.05) is 18.2 Å². The number of carbonyl (C=O) groups excluding carboxylic acids is 2. The van der Waals surface area contributed by atoms with Crippen LogP contribution in [0.1, 0.15) is 12.8 Å². The molecule has 1 aliphatic rings. The minimum Gasteiger partial charge on any atom is -0.385 e. The first-order valence-corrected chi connectivity index (χ1v) is 5.92. The molecule has 0 saturated carbocycles. The third kappa shape index (κ3) is 2.51. The van der Waals surface area contributed by atoms with Crippen LogP contribution in [0.25, 0.3) is 0 Å². The van der Waals surface area contributed by atoms with E-state index in [0.29, 0.717) is 18.7 Å². The van der Waals surface area contributed by atoms with Crippen molar-refractivity contribution in [2.45, 2.75) is 18.9 Å². The highest BCUT2D eigenvalue weighted by Gasteiger charge is 2.38. The molecule has 0 radical (unpaired) electrons. The van der Waals surface area contributed by atoms with E-state index in [4.69, 9.17) is 4.74 Å². The molecular weight excluding hydrogens is 232 g/mol. The summed E-state index contributed by atoms with van der Waals surface area (Å²) >= 11 is 0. The van der Waals surface area contributed by atoms with Crippen LogP contribution in [-0.2, 0) is 9.53 Å². The molecule has 1 N–H and O–H groups in total. The van der Waals surface area contributed by atoms with Crippen LogP contribution in [0.15, 0.2) is 30.3 Å². The number of carbonyl (C=O) groups is 2. The lowest BCUT2D eigenvalue weighted by Gasteiger charge is -2.12. The predicted molar refractivity (Wildman–Crippen MR) is 67.4 cm³/mol. The molecule has 0 spiro atoms. The van der Waals surface area contributed by atoms with Crippen LogP contribution in [0.4, 0.5) is 10.5 Å². The number of methoxy groups -OCH3 is 1. The SMILES string of the molecule is COCCCC1NC(=O)N(c2ccccc2)C1=O. The van der Waals surface area contributed by atoms with Crippen molar-refractivity contribution in [1.29, 1.82) is 0 Å². The summed E-state index contributed by atoms with van der Waals surface area (Å²) < 4.78 is 4.94. The summed E-state index contributed by atoms with van der Waals surface area (Å²) in [4.78, 5) is 25.1. The number of para-hydroxylation sites is 1. The van der Waals surface area contributed by atoms with E-state index in [1.165, 1.54) is 4.90 Å². The number of urea groups is 1. The van der Waals surface area contributed by atoms with Gasteiger partial charge >= 0.3 is 6.03 Å². The highest BCUT2D eigenvalue weighted by atomic mass is 16.5. The summed E-state index contributed by atoms with van der Waals surface area (Å²) in [5, 5.41) is 2.69. The van der Waals surface area contributed by atoms with E-state index in [-0.39, 0.29) is 11.9 Å². The van der Waals surface area contributed by atoms with Crippen molar-refractivity contribution in [3.63, 3.8) is 0 Å². The van der Waals surface area contributed by atoms with E-state index in [1.54, 1.807) is 31.4 Å². The van der Waals surface area contributed by atoms with Crippen LogP contribution >= 0.6 is 0 Å². The lowest BCUT2D eigenvalue weighted by molar-refractivity contribution is -0.118. The number of ether oxygens (including phenoxy) is 1. The van der Waals surface area contributed by atoms with Gasteiger partial charge < -0.3 is 10.1 Å². The average molecular weight is 248 g/mol. The first-order valence-electron chi connectivity index (χ1n) is 5.92. The molecule has 2 rings (SSSR count). The van der Waals surface area contributed by atoms with Gasteiger partial charge in [0.2, 0.25) is 0 Å². The van der Waals surface area contributed by atoms with E-state index in [1.807, 2.05) is 6.07 Å². The van der Waals surface area contributed by atoms with Crippen LogP contribution in [0.2, 0.25) is 0 Å². The van der Waals surface area contributed by atoms with Crippen molar-refractivity contribution in [3.8, 4) is 0 Å². The van der Waals surface area contributed by atoms with Gasteiger partial charge in [-0.25, -0.2) is 9.69 Å². The summed E-state index contributed by atoms with van der Waals surface area (Å²) in [5.41, 5.74) is 0.606. The number of benzene rings is 1. The Morgan fingerprint density at radius 1 is 1.28 bits per heavy atom. The standard InChI is InChI=1S/C13H16N2O3/c1-18-9-5-8-11-12(16)15(13(17)14-11)10-6-3-2-4-7-10/h2-4,6-7,11H,5,8-9H2,1H3,(H,14,17). The van der Waals surface area contributed by atoms with Gasteiger partial charge in [-0.2, -0.15) is 0 Å². The number of nitrogens with one attached hydrogen (secondary N) is 1. The second kappa shape index (κ2) is 5.64. The molecule has 0 aromatic heterocycles. The Morgan fingerprint density at radius 3 is 2.67 bits per heavy atom. The second-order valence-corrected chi connectivity index (χ2v) is 4.15. The van der Waals surface area contributed by atoms with Crippen molar-refractivity contribution < 1.29 is 14.3 Å². The lowest BCUT2D eigenvalue weighted by atomic mass is 10.1. The molecule has 96 valence electrons. The van der Waals surface area contributed by atoms with E-state index in [0.717, 1.165) is 6.42 Å². The Kier molecular flexibility index (Phi) is 3.94. The smallest absolute Gasteiger partial charge is 0.329 e. The van der Waals surface area contributed by atoms with E-state index in [2.05, 4.69) is 5.32 Å². The maximum Gasteiger partial charge on any atom is 0.329 e. The normalized spacial score (nSPS) is 19.2. The van der Waals surface area contributed by atoms with Gasteiger partial charge in [-0.3, -0.25) is 4.79 Å². The summed E-state index contributed by atoms with van der Waals surface area (Å²) in [7, 11) is 1.62. The number of rotatable bonds is 5. The number of hydrogen-bond acceptors (Lipinski definition) is 3. The fourth-order valence-electron chi connectivity index (χ4n) is 1.98. The van der Waals surface area contributed by atoms with Gasteiger partial charge in [0, 0.05) is 13.7 Å². The minimum absolute atomic E-state index is 0.192. The number of amides is 3. The third-order valence-corrected chi connectivity index (χ3v) is 2.87. The van der Waals surface area contributed by atoms with Crippen molar-refractivity contribution in [1.82, 2.24) is 5.32 Å². The van der Waals surface area contributed by atoms with E-state index in [9.17, 15) is 9.59 Å². The summed E-state index contributed by atoms with van der Waals surface area (Å²) in [6.07, 6.45) is 1.34. The maximum atomic E-state index is 12.1. The molecule has 1 heterocycles.